The number of hydrogen-bond donors (Lipinski definition) is 1. The highest BCUT2D eigenvalue weighted by Crippen LogP contribution is 2.33. The summed E-state index contributed by atoms with van der Waals surface area (Å²) >= 11 is 7.05. The van der Waals surface area contributed by atoms with E-state index in [0.29, 0.717) is 28.1 Å². The minimum absolute atomic E-state index is 0.0139. The van der Waals surface area contributed by atoms with Crippen molar-refractivity contribution in [2.24, 2.45) is 5.92 Å². The van der Waals surface area contributed by atoms with E-state index >= 15 is 0 Å². The Balaban J connectivity index is 2.25. The second-order valence-corrected chi connectivity index (χ2v) is 8.73. The first kappa shape index (κ1) is 15.3. The van der Waals surface area contributed by atoms with Gasteiger partial charge >= 0.3 is 0 Å². The molecule has 1 aliphatic rings. The Kier molecular flexibility index (Phi) is 4.57. The fraction of sp³-hybridized carbons (Fsp3) is 0.667. The summed E-state index contributed by atoms with van der Waals surface area (Å²) in [5.41, 5.74) is 0.786. The van der Waals surface area contributed by atoms with Gasteiger partial charge in [0.1, 0.15) is 4.21 Å². The summed E-state index contributed by atoms with van der Waals surface area (Å²) in [4.78, 5) is 0. The van der Waals surface area contributed by atoms with E-state index in [1.165, 1.54) is 4.31 Å². The molecule has 1 fully saturated rings. The summed E-state index contributed by atoms with van der Waals surface area (Å²) in [7, 11) is -3.47. The van der Waals surface area contributed by atoms with Gasteiger partial charge in [0.2, 0.25) is 0 Å². The molecule has 0 bridgehead atoms. The zero-order valence-corrected chi connectivity index (χ0v) is 13.4. The van der Waals surface area contributed by atoms with Gasteiger partial charge in [0.25, 0.3) is 10.0 Å². The van der Waals surface area contributed by atoms with E-state index in [-0.39, 0.29) is 5.92 Å². The van der Waals surface area contributed by atoms with Crippen molar-refractivity contribution in [2.45, 2.75) is 37.0 Å². The van der Waals surface area contributed by atoms with Gasteiger partial charge in [-0.3, -0.25) is 0 Å². The number of aryl methyl sites for hydroxylation is 1. The van der Waals surface area contributed by atoms with Crippen LogP contribution in [0.2, 0.25) is 4.34 Å². The minimum atomic E-state index is -3.47. The molecule has 1 N–H and O–H groups in total. The van der Waals surface area contributed by atoms with Gasteiger partial charge in [-0.05, 0) is 37.3 Å². The summed E-state index contributed by atoms with van der Waals surface area (Å²) in [5.74, 6) is 0.0139. The number of hydrogen-bond acceptors (Lipinski definition) is 4. The molecular formula is C12H18ClNO3S2. The molecule has 0 amide bonds. The van der Waals surface area contributed by atoms with Gasteiger partial charge in [0.15, 0.2) is 0 Å². The zero-order chi connectivity index (χ0) is 14.2. The lowest BCUT2D eigenvalue weighted by Crippen LogP contribution is -2.45. The minimum Gasteiger partial charge on any atom is -0.393 e. The third kappa shape index (κ3) is 2.97. The quantitative estimate of drug-likeness (QED) is 0.929. The molecule has 4 nitrogen and oxygen atoms in total. The summed E-state index contributed by atoms with van der Waals surface area (Å²) in [6, 6.07) is 1.62. The number of thiophene rings is 1. The molecule has 1 aliphatic heterocycles. The number of halogens is 1. The Hall–Kier alpha value is -0.140. The van der Waals surface area contributed by atoms with Crippen LogP contribution in [-0.2, 0) is 10.0 Å². The highest BCUT2D eigenvalue weighted by Gasteiger charge is 2.34. The molecule has 19 heavy (non-hydrogen) atoms. The fourth-order valence-electron chi connectivity index (χ4n) is 2.29. The smallest absolute Gasteiger partial charge is 0.252 e. The van der Waals surface area contributed by atoms with Gasteiger partial charge in [-0.1, -0.05) is 18.5 Å². The number of piperidine rings is 1. The molecule has 1 aromatic rings. The first-order chi connectivity index (χ1) is 8.86. The molecule has 2 unspecified atom stereocenters. The number of aliphatic hydroxyl groups is 1. The van der Waals surface area contributed by atoms with Crippen LogP contribution in [0.3, 0.4) is 0 Å². The molecule has 0 radical (unpaired) electrons. The van der Waals surface area contributed by atoms with Gasteiger partial charge in [0, 0.05) is 13.1 Å². The maximum Gasteiger partial charge on any atom is 0.252 e. The van der Waals surface area contributed by atoms with E-state index in [1.54, 1.807) is 13.0 Å². The van der Waals surface area contributed by atoms with Crippen LogP contribution in [0.1, 0.15) is 25.3 Å². The maximum atomic E-state index is 12.5. The molecular weight excluding hydrogens is 306 g/mol. The van der Waals surface area contributed by atoms with Crippen LogP contribution < -0.4 is 0 Å². The molecule has 0 aliphatic carbocycles. The van der Waals surface area contributed by atoms with Gasteiger partial charge in [0.05, 0.1) is 10.4 Å². The van der Waals surface area contributed by atoms with Gasteiger partial charge in [-0.25, -0.2) is 8.42 Å². The highest BCUT2D eigenvalue weighted by molar-refractivity contribution is 7.91. The number of aliphatic hydroxyl groups excluding tert-OH is 1. The molecule has 0 saturated carbocycles. The summed E-state index contributed by atoms with van der Waals surface area (Å²) in [6.07, 6.45) is 0.873. The largest absolute Gasteiger partial charge is 0.393 e. The molecule has 2 atom stereocenters. The standard InChI is InChI=1S/C12H18ClNO3S2/c1-3-9-7-14(5-4-10(9)15)19(16,17)11-6-8(2)12(13)18-11/h6,9-10,15H,3-5,7H2,1-2H3. The topological polar surface area (TPSA) is 57.6 Å². The van der Waals surface area contributed by atoms with Crippen LogP contribution >= 0.6 is 22.9 Å². The SMILES string of the molecule is CCC1CN(S(=O)(=O)c2cc(C)c(Cl)s2)CCC1O. The molecule has 2 heterocycles. The predicted octanol–water partition coefficient (Wildman–Crippen LogP) is 2.49. The second kappa shape index (κ2) is 5.69. The zero-order valence-electron chi connectivity index (χ0n) is 11.0. The number of nitrogens with zero attached hydrogens (tertiary/aromatic N) is 1. The number of sulfonamides is 1. The van der Waals surface area contributed by atoms with Crippen molar-refractivity contribution >= 4 is 33.0 Å². The van der Waals surface area contributed by atoms with Crippen LogP contribution in [0, 0.1) is 12.8 Å². The third-order valence-corrected chi connectivity index (χ3v) is 7.48. The lowest BCUT2D eigenvalue weighted by atomic mass is 9.94. The van der Waals surface area contributed by atoms with Crippen molar-refractivity contribution in [3.8, 4) is 0 Å². The Morgan fingerprint density at radius 2 is 2.26 bits per heavy atom. The monoisotopic (exact) mass is 323 g/mol. The maximum absolute atomic E-state index is 12.5. The van der Waals surface area contributed by atoms with Crippen molar-refractivity contribution in [3.63, 3.8) is 0 Å². The van der Waals surface area contributed by atoms with E-state index in [1.807, 2.05) is 6.92 Å². The molecule has 2 rings (SSSR count). The molecule has 108 valence electrons. The molecule has 1 saturated heterocycles. The van der Waals surface area contributed by atoms with Crippen molar-refractivity contribution in [1.82, 2.24) is 4.31 Å². The Labute approximate surface area is 123 Å². The normalized spacial score (nSPS) is 25.7. The summed E-state index contributed by atoms with van der Waals surface area (Å²) in [6.45, 7) is 4.52. The summed E-state index contributed by atoms with van der Waals surface area (Å²) in [5, 5.41) is 9.83. The van der Waals surface area contributed by atoms with Crippen LogP contribution in [-0.4, -0.2) is 37.0 Å². The fourth-order valence-corrected chi connectivity index (χ4v) is 5.67. The van der Waals surface area contributed by atoms with Gasteiger partial charge in [-0.15, -0.1) is 11.3 Å². The van der Waals surface area contributed by atoms with Crippen LogP contribution in [0.4, 0.5) is 0 Å². The van der Waals surface area contributed by atoms with Crippen LogP contribution in [0.5, 0.6) is 0 Å². The molecule has 1 aromatic heterocycles. The highest BCUT2D eigenvalue weighted by atomic mass is 35.5. The van der Waals surface area contributed by atoms with E-state index in [4.69, 9.17) is 11.6 Å². The molecule has 0 spiro atoms. The molecule has 0 aromatic carbocycles. The Morgan fingerprint density at radius 1 is 1.58 bits per heavy atom. The average Bonchev–Trinajstić information content (AvgIpc) is 2.70. The second-order valence-electron chi connectivity index (χ2n) is 4.91. The van der Waals surface area contributed by atoms with E-state index in [2.05, 4.69) is 0 Å². The van der Waals surface area contributed by atoms with Crippen molar-refractivity contribution in [2.75, 3.05) is 13.1 Å². The predicted molar refractivity (Wildman–Crippen MR) is 77.2 cm³/mol. The van der Waals surface area contributed by atoms with E-state index < -0.39 is 16.1 Å². The van der Waals surface area contributed by atoms with Crippen molar-refractivity contribution in [3.05, 3.63) is 16.0 Å². The van der Waals surface area contributed by atoms with E-state index in [0.717, 1.165) is 23.3 Å². The third-order valence-electron chi connectivity index (χ3n) is 3.61. The van der Waals surface area contributed by atoms with Gasteiger partial charge < -0.3 is 5.11 Å². The first-order valence-electron chi connectivity index (χ1n) is 6.30. The van der Waals surface area contributed by atoms with Crippen LogP contribution in [0.15, 0.2) is 10.3 Å². The number of rotatable bonds is 3. The lowest BCUT2D eigenvalue weighted by molar-refractivity contribution is 0.0521. The van der Waals surface area contributed by atoms with E-state index in [9.17, 15) is 13.5 Å². The average molecular weight is 324 g/mol. The van der Waals surface area contributed by atoms with Crippen molar-refractivity contribution < 1.29 is 13.5 Å². The van der Waals surface area contributed by atoms with Crippen LogP contribution in [0.25, 0.3) is 0 Å². The Bertz CT molecular complexity index is 536. The first-order valence-corrected chi connectivity index (χ1v) is 8.93. The van der Waals surface area contributed by atoms with Gasteiger partial charge in [-0.2, -0.15) is 4.31 Å². The van der Waals surface area contributed by atoms with Crippen molar-refractivity contribution in [1.29, 1.82) is 0 Å². The summed E-state index contributed by atoms with van der Waals surface area (Å²) < 4.78 is 27.3. The molecule has 7 heteroatoms. The lowest BCUT2D eigenvalue weighted by Gasteiger charge is -2.34. The Morgan fingerprint density at radius 3 is 2.79 bits per heavy atom.